The molecule has 0 radical (unpaired) electrons. The molecule has 1 heterocycles. The van der Waals surface area contributed by atoms with Crippen LogP contribution in [0.5, 0.6) is 0 Å². The van der Waals surface area contributed by atoms with Gasteiger partial charge in [-0.15, -0.1) is 0 Å². The van der Waals surface area contributed by atoms with Crippen LogP contribution in [0.2, 0.25) is 5.02 Å². The third-order valence-corrected chi connectivity index (χ3v) is 3.81. The largest absolute Gasteiger partial charge is 0.345 e. The first-order valence-corrected chi connectivity index (χ1v) is 6.72. The van der Waals surface area contributed by atoms with Gasteiger partial charge in [-0.05, 0) is 24.1 Å². The Balaban J connectivity index is 1.88. The second kappa shape index (κ2) is 5.56. The average molecular weight is 270 g/mol. The summed E-state index contributed by atoms with van der Waals surface area (Å²) >= 11 is 7.04. The van der Waals surface area contributed by atoms with Crippen LogP contribution in [0, 0.1) is 0 Å². The molecule has 1 aliphatic rings. The van der Waals surface area contributed by atoms with Gasteiger partial charge in [0.15, 0.2) is 0 Å². The molecule has 0 bridgehead atoms. The van der Waals surface area contributed by atoms with E-state index < -0.39 is 0 Å². The minimum absolute atomic E-state index is 0.0643. The molecular formula is C12H12ClNO2S. The number of carbonyl (C=O) groups is 2. The highest BCUT2D eigenvalue weighted by molar-refractivity contribution is 8.14. The molecule has 1 unspecified atom stereocenters. The van der Waals surface area contributed by atoms with E-state index in [4.69, 9.17) is 11.6 Å². The maximum atomic E-state index is 11.7. The lowest BCUT2D eigenvalue weighted by Crippen LogP contribution is -2.38. The zero-order chi connectivity index (χ0) is 12.3. The summed E-state index contributed by atoms with van der Waals surface area (Å²) in [5, 5.41) is 3.46. The van der Waals surface area contributed by atoms with Crippen molar-refractivity contribution >= 4 is 34.4 Å². The SMILES string of the molecule is O=C(Cc1ccc(Cl)cc1)NC1CCSC1=O. The van der Waals surface area contributed by atoms with Crippen molar-refractivity contribution in [2.75, 3.05) is 5.75 Å². The highest BCUT2D eigenvalue weighted by Gasteiger charge is 2.26. The second-order valence-corrected chi connectivity index (χ2v) is 5.42. The van der Waals surface area contributed by atoms with Crippen molar-refractivity contribution in [1.29, 1.82) is 0 Å². The number of halogens is 1. The van der Waals surface area contributed by atoms with Crippen molar-refractivity contribution in [2.45, 2.75) is 18.9 Å². The lowest BCUT2D eigenvalue weighted by atomic mass is 10.1. The number of nitrogens with one attached hydrogen (secondary N) is 1. The summed E-state index contributed by atoms with van der Waals surface area (Å²) < 4.78 is 0. The number of rotatable bonds is 3. The van der Waals surface area contributed by atoms with E-state index in [-0.39, 0.29) is 23.5 Å². The van der Waals surface area contributed by atoms with Gasteiger partial charge in [-0.3, -0.25) is 9.59 Å². The van der Waals surface area contributed by atoms with Crippen molar-refractivity contribution in [3.05, 3.63) is 34.9 Å². The second-order valence-electron chi connectivity index (χ2n) is 3.88. The van der Waals surface area contributed by atoms with Gasteiger partial charge in [-0.2, -0.15) is 0 Å². The molecule has 3 nitrogen and oxygen atoms in total. The van der Waals surface area contributed by atoms with Gasteiger partial charge in [-0.1, -0.05) is 35.5 Å². The van der Waals surface area contributed by atoms with E-state index in [0.717, 1.165) is 17.7 Å². The minimum Gasteiger partial charge on any atom is -0.345 e. The molecule has 1 aromatic rings. The molecule has 2 rings (SSSR count). The monoisotopic (exact) mass is 269 g/mol. The van der Waals surface area contributed by atoms with Crippen LogP contribution >= 0.6 is 23.4 Å². The Bertz CT molecular complexity index is 433. The Labute approximate surface area is 109 Å². The summed E-state index contributed by atoms with van der Waals surface area (Å²) in [6, 6.07) is 6.82. The third-order valence-electron chi connectivity index (χ3n) is 2.55. The van der Waals surface area contributed by atoms with E-state index in [1.54, 1.807) is 12.1 Å². The van der Waals surface area contributed by atoms with Crippen LogP contribution in [0.25, 0.3) is 0 Å². The fourth-order valence-electron chi connectivity index (χ4n) is 1.66. The number of thioether (sulfide) groups is 1. The fraction of sp³-hybridized carbons (Fsp3) is 0.333. The zero-order valence-corrected chi connectivity index (χ0v) is 10.7. The van der Waals surface area contributed by atoms with Gasteiger partial charge < -0.3 is 5.32 Å². The predicted octanol–water partition coefficient (Wildman–Crippen LogP) is 2.03. The van der Waals surface area contributed by atoms with Crippen LogP contribution in [-0.2, 0) is 16.0 Å². The van der Waals surface area contributed by atoms with Crippen molar-refractivity contribution in [2.24, 2.45) is 0 Å². The predicted molar refractivity (Wildman–Crippen MR) is 69.2 cm³/mol. The van der Waals surface area contributed by atoms with E-state index in [0.29, 0.717) is 5.02 Å². The fourth-order valence-corrected chi connectivity index (χ4v) is 2.72. The van der Waals surface area contributed by atoms with Gasteiger partial charge in [0.2, 0.25) is 11.0 Å². The molecule has 1 aliphatic heterocycles. The zero-order valence-electron chi connectivity index (χ0n) is 9.11. The van der Waals surface area contributed by atoms with Crippen LogP contribution < -0.4 is 5.32 Å². The highest BCUT2D eigenvalue weighted by atomic mass is 35.5. The molecule has 0 saturated carbocycles. The minimum atomic E-state index is -0.306. The van der Waals surface area contributed by atoms with Gasteiger partial charge in [0.05, 0.1) is 12.5 Å². The number of hydrogen-bond donors (Lipinski definition) is 1. The Kier molecular flexibility index (Phi) is 4.07. The van der Waals surface area contributed by atoms with Gasteiger partial charge in [0.1, 0.15) is 0 Å². The molecule has 17 heavy (non-hydrogen) atoms. The van der Waals surface area contributed by atoms with Crippen molar-refractivity contribution in [3.8, 4) is 0 Å². The molecule has 1 amide bonds. The van der Waals surface area contributed by atoms with Gasteiger partial charge in [-0.25, -0.2) is 0 Å². The standard InChI is InChI=1S/C12H12ClNO2S/c13-9-3-1-8(2-4-9)7-11(15)14-10-5-6-17-12(10)16/h1-4,10H,5-7H2,(H,14,15). The molecule has 1 atom stereocenters. The molecular weight excluding hydrogens is 258 g/mol. The van der Waals surface area contributed by atoms with Crippen molar-refractivity contribution in [3.63, 3.8) is 0 Å². The average Bonchev–Trinajstić information content (AvgIpc) is 2.68. The van der Waals surface area contributed by atoms with E-state index in [9.17, 15) is 9.59 Å². The molecule has 0 aliphatic carbocycles. The Morgan fingerprint density at radius 1 is 1.41 bits per heavy atom. The maximum Gasteiger partial charge on any atom is 0.225 e. The number of hydrogen-bond acceptors (Lipinski definition) is 3. The van der Waals surface area contributed by atoms with E-state index in [2.05, 4.69) is 5.32 Å². The van der Waals surface area contributed by atoms with E-state index in [1.165, 1.54) is 11.8 Å². The van der Waals surface area contributed by atoms with Crippen molar-refractivity contribution in [1.82, 2.24) is 5.32 Å². The number of amides is 1. The molecule has 0 aromatic heterocycles. The molecule has 1 aromatic carbocycles. The molecule has 0 spiro atoms. The summed E-state index contributed by atoms with van der Waals surface area (Å²) in [6.45, 7) is 0. The van der Waals surface area contributed by atoms with Crippen LogP contribution in [0.1, 0.15) is 12.0 Å². The number of carbonyl (C=O) groups excluding carboxylic acids is 2. The van der Waals surface area contributed by atoms with E-state index in [1.807, 2.05) is 12.1 Å². The molecule has 90 valence electrons. The highest BCUT2D eigenvalue weighted by Crippen LogP contribution is 2.19. The van der Waals surface area contributed by atoms with Crippen LogP contribution in [0.3, 0.4) is 0 Å². The summed E-state index contributed by atoms with van der Waals surface area (Å²) in [5.74, 6) is 0.679. The van der Waals surface area contributed by atoms with Crippen LogP contribution in [-0.4, -0.2) is 22.8 Å². The molecule has 1 saturated heterocycles. The first-order valence-electron chi connectivity index (χ1n) is 5.35. The molecule has 1 fully saturated rings. The first-order chi connectivity index (χ1) is 8.15. The molecule has 5 heteroatoms. The number of benzene rings is 1. The lowest BCUT2D eigenvalue weighted by molar-refractivity contribution is -0.124. The quantitative estimate of drug-likeness (QED) is 0.913. The van der Waals surface area contributed by atoms with Gasteiger partial charge in [0, 0.05) is 10.8 Å². The summed E-state index contributed by atoms with van der Waals surface area (Å²) in [5.41, 5.74) is 0.894. The Morgan fingerprint density at radius 2 is 2.12 bits per heavy atom. The molecule has 1 N–H and O–H groups in total. The van der Waals surface area contributed by atoms with Crippen LogP contribution in [0.15, 0.2) is 24.3 Å². The van der Waals surface area contributed by atoms with Gasteiger partial charge >= 0.3 is 0 Å². The smallest absolute Gasteiger partial charge is 0.225 e. The maximum absolute atomic E-state index is 11.7. The van der Waals surface area contributed by atoms with Gasteiger partial charge in [0.25, 0.3) is 0 Å². The summed E-state index contributed by atoms with van der Waals surface area (Å²) in [7, 11) is 0. The lowest BCUT2D eigenvalue weighted by Gasteiger charge is -2.09. The first kappa shape index (κ1) is 12.5. The topological polar surface area (TPSA) is 46.2 Å². The van der Waals surface area contributed by atoms with Crippen LogP contribution in [0.4, 0.5) is 0 Å². The van der Waals surface area contributed by atoms with E-state index >= 15 is 0 Å². The third kappa shape index (κ3) is 3.48. The van der Waals surface area contributed by atoms with Crippen molar-refractivity contribution < 1.29 is 9.59 Å². The summed E-state index contributed by atoms with van der Waals surface area (Å²) in [6.07, 6.45) is 1.02. The summed E-state index contributed by atoms with van der Waals surface area (Å²) in [4.78, 5) is 23.0. The Hall–Kier alpha value is -1.00. The Morgan fingerprint density at radius 3 is 2.71 bits per heavy atom. The normalized spacial score (nSPS) is 19.4.